The van der Waals surface area contributed by atoms with Gasteiger partial charge in [-0.2, -0.15) is 0 Å². The molecule has 0 fully saturated rings. The van der Waals surface area contributed by atoms with Crippen molar-refractivity contribution in [2.45, 2.75) is 32.1 Å². The second kappa shape index (κ2) is 6.46. The number of halogens is 1. The molecule has 1 aliphatic carbocycles. The van der Waals surface area contributed by atoms with E-state index in [1.165, 1.54) is 30.4 Å². The highest BCUT2D eigenvalue weighted by molar-refractivity contribution is 9.10. The maximum atomic E-state index is 12.7. The van der Waals surface area contributed by atoms with Crippen LogP contribution in [0.5, 0.6) is 11.5 Å². The zero-order chi connectivity index (χ0) is 17.6. The lowest BCUT2D eigenvalue weighted by Gasteiger charge is -2.08. The molecule has 0 saturated heterocycles. The summed E-state index contributed by atoms with van der Waals surface area (Å²) in [7, 11) is 1.49. The number of H-pyrrole nitrogens is 1. The number of nitrogens with one attached hydrogen (secondary N) is 1. The number of benzene rings is 1. The fourth-order valence-corrected chi connectivity index (χ4v) is 5.05. The summed E-state index contributed by atoms with van der Waals surface area (Å²) in [4.78, 5) is 22.4. The molecule has 2 N–H and O–H groups in total. The highest BCUT2D eigenvalue weighted by Crippen LogP contribution is 2.38. The number of rotatable bonds is 2. The fraction of sp³-hybridized carbons (Fsp3) is 0.333. The Hall–Kier alpha value is -1.86. The molecule has 0 radical (unpaired) electrons. The monoisotopic (exact) mass is 420 g/mol. The fourth-order valence-electron chi connectivity index (χ4n) is 3.34. The predicted octanol–water partition coefficient (Wildman–Crippen LogP) is 4.40. The molecule has 0 bridgehead atoms. The van der Waals surface area contributed by atoms with Crippen LogP contribution >= 0.6 is 27.3 Å². The summed E-state index contributed by atoms with van der Waals surface area (Å²) >= 11 is 4.94. The third kappa shape index (κ3) is 2.85. The van der Waals surface area contributed by atoms with E-state index in [1.807, 2.05) is 0 Å². The highest BCUT2D eigenvalue weighted by Gasteiger charge is 2.20. The van der Waals surface area contributed by atoms with Crippen LogP contribution in [0, 0.1) is 0 Å². The average molecular weight is 421 g/mol. The molecule has 25 heavy (non-hydrogen) atoms. The molecule has 5 nitrogen and oxygen atoms in total. The number of aromatic nitrogens is 2. The minimum absolute atomic E-state index is 0.0255. The maximum absolute atomic E-state index is 12.7. The second-order valence-corrected chi connectivity index (χ2v) is 8.11. The Morgan fingerprint density at radius 3 is 2.88 bits per heavy atom. The van der Waals surface area contributed by atoms with Crippen molar-refractivity contribution in [3.63, 3.8) is 0 Å². The van der Waals surface area contributed by atoms with Gasteiger partial charge in [-0.3, -0.25) is 4.79 Å². The van der Waals surface area contributed by atoms with Crippen molar-refractivity contribution >= 4 is 37.5 Å². The van der Waals surface area contributed by atoms with E-state index < -0.39 is 0 Å². The van der Waals surface area contributed by atoms with Gasteiger partial charge in [-0.15, -0.1) is 11.3 Å². The summed E-state index contributed by atoms with van der Waals surface area (Å²) in [5.41, 5.74) is 1.77. The molecular formula is C18H17BrN2O3S. The molecule has 0 aliphatic heterocycles. The summed E-state index contributed by atoms with van der Waals surface area (Å²) in [5.74, 6) is 0.833. The van der Waals surface area contributed by atoms with Gasteiger partial charge in [0.05, 0.1) is 17.0 Å². The Morgan fingerprint density at radius 1 is 1.28 bits per heavy atom. The van der Waals surface area contributed by atoms with Gasteiger partial charge < -0.3 is 14.8 Å². The molecule has 1 aliphatic rings. The molecule has 7 heteroatoms. The van der Waals surface area contributed by atoms with E-state index in [1.54, 1.807) is 23.5 Å². The molecule has 2 aromatic heterocycles. The third-order valence-electron chi connectivity index (χ3n) is 4.60. The van der Waals surface area contributed by atoms with Crippen molar-refractivity contribution in [1.82, 2.24) is 9.97 Å². The quantitative estimate of drug-likeness (QED) is 0.602. The van der Waals surface area contributed by atoms with Crippen LogP contribution in [0.25, 0.3) is 21.6 Å². The molecule has 0 saturated carbocycles. The summed E-state index contributed by atoms with van der Waals surface area (Å²) in [6.07, 6.45) is 5.50. The minimum Gasteiger partial charge on any atom is -0.503 e. The molecule has 4 rings (SSSR count). The zero-order valence-electron chi connectivity index (χ0n) is 13.7. The Kier molecular flexibility index (Phi) is 4.29. The van der Waals surface area contributed by atoms with Crippen molar-refractivity contribution in [1.29, 1.82) is 0 Å². The molecular weight excluding hydrogens is 404 g/mol. The van der Waals surface area contributed by atoms with E-state index in [0.29, 0.717) is 21.6 Å². The summed E-state index contributed by atoms with van der Waals surface area (Å²) in [5, 5.41) is 10.7. The number of aromatic hydroxyl groups is 1. The average Bonchev–Trinajstić information content (AvgIpc) is 2.79. The van der Waals surface area contributed by atoms with Crippen molar-refractivity contribution in [2.24, 2.45) is 0 Å². The van der Waals surface area contributed by atoms with Crippen molar-refractivity contribution < 1.29 is 9.84 Å². The van der Waals surface area contributed by atoms with Crippen LogP contribution in [-0.2, 0) is 12.8 Å². The number of phenols is 1. The van der Waals surface area contributed by atoms with Crippen molar-refractivity contribution in [3.8, 4) is 22.9 Å². The number of ether oxygens (including phenoxy) is 1. The van der Waals surface area contributed by atoms with Gasteiger partial charge in [0.25, 0.3) is 5.56 Å². The molecule has 0 spiro atoms. The first-order chi connectivity index (χ1) is 12.1. The molecule has 0 amide bonds. The first-order valence-electron chi connectivity index (χ1n) is 8.20. The number of hydrogen-bond donors (Lipinski definition) is 2. The van der Waals surface area contributed by atoms with E-state index in [0.717, 1.165) is 29.5 Å². The van der Waals surface area contributed by atoms with E-state index in [2.05, 4.69) is 20.9 Å². The topological polar surface area (TPSA) is 75.2 Å². The normalized spacial score (nSPS) is 14.3. The van der Waals surface area contributed by atoms with Crippen LogP contribution in [0.1, 0.15) is 29.7 Å². The SMILES string of the molecule is COc1cc(-c2nc3sc4c(c3c(=O)[nH]2)CCCCC4)cc(Br)c1O. The van der Waals surface area contributed by atoms with Crippen molar-refractivity contribution in [2.75, 3.05) is 7.11 Å². The van der Waals surface area contributed by atoms with Crippen molar-refractivity contribution in [3.05, 3.63) is 37.4 Å². The highest BCUT2D eigenvalue weighted by atomic mass is 79.9. The van der Waals surface area contributed by atoms with E-state index >= 15 is 0 Å². The summed E-state index contributed by atoms with van der Waals surface area (Å²) < 4.78 is 5.68. The number of phenolic OH excluding ortho intramolecular Hbond substituents is 1. The van der Waals surface area contributed by atoms with Gasteiger partial charge in [-0.05, 0) is 59.3 Å². The van der Waals surface area contributed by atoms with Gasteiger partial charge in [0.15, 0.2) is 11.5 Å². The number of nitrogens with zero attached hydrogens (tertiary/aromatic N) is 1. The zero-order valence-corrected chi connectivity index (χ0v) is 16.1. The molecule has 3 aromatic rings. The van der Waals surface area contributed by atoms with Crippen LogP contribution in [-0.4, -0.2) is 22.2 Å². The minimum atomic E-state index is -0.0948. The Labute approximate surface area is 156 Å². The molecule has 0 atom stereocenters. The molecule has 0 unspecified atom stereocenters. The lowest BCUT2D eigenvalue weighted by Crippen LogP contribution is -2.10. The van der Waals surface area contributed by atoms with Gasteiger partial charge in [-0.25, -0.2) is 4.98 Å². The number of hydrogen-bond acceptors (Lipinski definition) is 5. The Balaban J connectivity index is 1.90. The van der Waals surface area contributed by atoms with Crippen LogP contribution in [0.15, 0.2) is 21.4 Å². The lowest BCUT2D eigenvalue weighted by molar-refractivity contribution is 0.372. The first kappa shape index (κ1) is 16.6. The molecule has 1 aromatic carbocycles. The first-order valence-corrected chi connectivity index (χ1v) is 9.81. The van der Waals surface area contributed by atoms with E-state index in [9.17, 15) is 9.90 Å². The van der Waals surface area contributed by atoms with Crippen LogP contribution in [0.4, 0.5) is 0 Å². The van der Waals surface area contributed by atoms with E-state index in [4.69, 9.17) is 9.72 Å². The predicted molar refractivity (Wildman–Crippen MR) is 103 cm³/mol. The van der Waals surface area contributed by atoms with Gasteiger partial charge in [-0.1, -0.05) is 6.42 Å². The second-order valence-electron chi connectivity index (χ2n) is 6.17. The lowest BCUT2D eigenvalue weighted by atomic mass is 10.1. The van der Waals surface area contributed by atoms with Gasteiger partial charge in [0, 0.05) is 10.4 Å². The largest absolute Gasteiger partial charge is 0.503 e. The maximum Gasteiger partial charge on any atom is 0.260 e. The summed E-state index contributed by atoms with van der Waals surface area (Å²) in [6.45, 7) is 0. The van der Waals surface area contributed by atoms with E-state index in [-0.39, 0.29) is 11.3 Å². The third-order valence-corrected chi connectivity index (χ3v) is 6.39. The Bertz CT molecular complexity index is 1030. The summed E-state index contributed by atoms with van der Waals surface area (Å²) in [6, 6.07) is 3.39. The molecule has 2 heterocycles. The van der Waals surface area contributed by atoms with Gasteiger partial charge in [0.1, 0.15) is 10.7 Å². The smallest absolute Gasteiger partial charge is 0.260 e. The van der Waals surface area contributed by atoms with Crippen LogP contribution < -0.4 is 10.3 Å². The number of methoxy groups -OCH3 is 1. The Morgan fingerprint density at radius 2 is 2.08 bits per heavy atom. The number of aryl methyl sites for hydroxylation is 2. The van der Waals surface area contributed by atoms with Crippen LogP contribution in [0.2, 0.25) is 0 Å². The van der Waals surface area contributed by atoms with Gasteiger partial charge in [0.2, 0.25) is 0 Å². The number of fused-ring (bicyclic) bond motifs is 3. The number of aromatic amines is 1. The van der Waals surface area contributed by atoms with Crippen LogP contribution in [0.3, 0.4) is 0 Å². The van der Waals surface area contributed by atoms with Gasteiger partial charge >= 0.3 is 0 Å². The number of thiophene rings is 1. The standard InChI is InChI=1S/C18H17BrN2O3S/c1-24-12-8-9(7-11(19)15(12)22)16-20-17(23)14-10-5-3-2-4-6-13(10)25-18(14)21-16/h7-8,22H,2-6H2,1H3,(H,20,21,23). The molecule has 130 valence electrons.